The molecule has 0 spiro atoms. The summed E-state index contributed by atoms with van der Waals surface area (Å²) < 4.78 is 80.9. The van der Waals surface area contributed by atoms with Gasteiger partial charge < -0.3 is 36.9 Å². The molecule has 0 saturated heterocycles. The second-order valence-electron chi connectivity index (χ2n) is 29.3. The Morgan fingerprint density at radius 3 is 1.11 bits per heavy atom. The van der Waals surface area contributed by atoms with Crippen molar-refractivity contribution in [1.82, 2.24) is 4.98 Å². The first-order valence-electron chi connectivity index (χ1n) is 40.8. The van der Waals surface area contributed by atoms with Gasteiger partial charge >= 0.3 is 27.4 Å². The van der Waals surface area contributed by atoms with Crippen molar-refractivity contribution in [3.63, 3.8) is 0 Å². The summed E-state index contributed by atoms with van der Waals surface area (Å²) in [5.41, 5.74) is 23.7. The lowest BCUT2D eigenvalue weighted by Crippen LogP contribution is -2.60. The lowest BCUT2D eigenvalue weighted by Gasteiger charge is -2.26. The smallest absolute Gasteiger partial charge is 0.398 e. The van der Waals surface area contributed by atoms with Gasteiger partial charge in [0.1, 0.15) is 56.5 Å². The largest absolute Gasteiger partial charge is 0.455 e. The number of aryl methyl sites for hydroxylation is 8. The molecule has 0 radical (unpaired) electrons. The van der Waals surface area contributed by atoms with Gasteiger partial charge in [0.25, 0.3) is 0 Å². The first kappa shape index (κ1) is 64.8. The number of fused-ring (bicyclic) bond motifs is 12. The SMILES string of the molecule is Cc1cc(B2C=Cc3c(oc4ccccc34)N2C)[n+](C)cc1-c1ccccc1.Cc1cc(B2C=Cc3oc4ccccc4c3N2C)[n+](C)cc1-c1ccccc1.[2H]C([2H])([2H])c1c[n+](C)c(B2C=Cc3c(oc4ncccc34)N2C)cc1-c1ccccc1.[2H]C([2H])([2H])c1c[n+](C)c(B2C=Cc3oc4ccccc4c3N2C)cc1-c1ccccc1. The van der Waals surface area contributed by atoms with Gasteiger partial charge in [-0.05, 0) is 155 Å². The monoisotopic (exact) mass is 1470 g/mol. The Balaban J connectivity index is 0.000000113. The van der Waals surface area contributed by atoms with E-state index in [1.807, 2.05) is 164 Å². The number of para-hydroxylation sites is 3. The molecule has 4 aliphatic rings. The molecule has 4 aliphatic heterocycles. The average Bonchev–Trinajstić information content (AvgIpc) is 1.00. The van der Waals surface area contributed by atoms with E-state index in [-0.39, 0.29) is 27.4 Å². The molecule has 0 saturated carbocycles. The molecule has 544 valence electrons. The molecular weight excluding hydrogens is 1370 g/mol. The summed E-state index contributed by atoms with van der Waals surface area (Å²) in [5.74, 6) is 12.2. The minimum absolute atomic E-state index is 0.0633. The van der Waals surface area contributed by atoms with Crippen molar-refractivity contribution >= 4 is 141 Å². The number of nitrogens with zero attached hydrogens (tertiary/aromatic N) is 9. The average molecular weight is 1470 g/mol. The molecule has 13 nitrogen and oxygen atoms in total. The van der Waals surface area contributed by atoms with Crippen LogP contribution < -0.4 is 59.9 Å². The second kappa shape index (κ2) is 30.0. The maximum Gasteiger partial charge on any atom is 0.398 e. The molecule has 16 aromatic rings. The van der Waals surface area contributed by atoms with E-state index in [1.165, 1.54) is 50.0 Å². The fraction of sp³-hybridized carbons (Fsp3) is 0.126. The molecule has 0 bridgehead atoms. The molecular formula is C95H87B4N9O4+4. The fourth-order valence-electron chi connectivity index (χ4n) is 16.5. The van der Waals surface area contributed by atoms with Crippen LogP contribution in [-0.2, 0) is 28.2 Å². The van der Waals surface area contributed by atoms with Crippen molar-refractivity contribution in [3.8, 4) is 44.5 Å². The topological polar surface area (TPSA) is 93.9 Å². The Hall–Kier alpha value is -13.1. The Labute approximate surface area is 664 Å². The number of rotatable bonds is 8. The minimum Gasteiger partial charge on any atom is -0.455 e. The van der Waals surface area contributed by atoms with Crippen molar-refractivity contribution in [2.24, 2.45) is 28.2 Å². The number of aromatic nitrogens is 5. The van der Waals surface area contributed by atoms with E-state index in [1.54, 1.807) is 18.6 Å². The van der Waals surface area contributed by atoms with E-state index in [0.29, 0.717) is 22.4 Å². The zero-order valence-electron chi connectivity index (χ0n) is 70.4. The van der Waals surface area contributed by atoms with Crippen molar-refractivity contribution in [2.75, 3.05) is 47.4 Å². The van der Waals surface area contributed by atoms with Crippen LogP contribution in [0.3, 0.4) is 0 Å². The molecule has 0 fully saturated rings. The van der Waals surface area contributed by atoms with Crippen LogP contribution in [-0.4, -0.2) is 60.6 Å². The second-order valence-corrected chi connectivity index (χ2v) is 29.3. The summed E-state index contributed by atoms with van der Waals surface area (Å²) in [5, 5.41) is 4.37. The molecule has 20 rings (SSSR count). The van der Waals surface area contributed by atoms with Gasteiger partial charge in [-0.1, -0.05) is 200 Å². The van der Waals surface area contributed by atoms with E-state index in [9.17, 15) is 0 Å². The van der Waals surface area contributed by atoms with Gasteiger partial charge in [-0.3, -0.25) is 0 Å². The summed E-state index contributed by atoms with van der Waals surface area (Å²) in [6.45, 7) is 0.0560. The fourth-order valence-corrected chi connectivity index (χ4v) is 16.5. The van der Waals surface area contributed by atoms with Gasteiger partial charge in [-0.15, -0.1) is 0 Å². The van der Waals surface area contributed by atoms with Crippen LogP contribution in [0.25, 0.3) is 113 Å². The van der Waals surface area contributed by atoms with Crippen LogP contribution in [0.5, 0.6) is 0 Å². The highest BCUT2D eigenvalue weighted by molar-refractivity contribution is 6.82. The number of pyridine rings is 5. The minimum atomic E-state index is -2.21. The first-order chi connectivity index (χ1) is 56.9. The Bertz CT molecular complexity index is 6630. The summed E-state index contributed by atoms with van der Waals surface area (Å²) >= 11 is 0. The van der Waals surface area contributed by atoms with Crippen LogP contribution in [0, 0.1) is 27.6 Å². The molecule has 0 amide bonds. The predicted molar refractivity (Wildman–Crippen MR) is 465 cm³/mol. The van der Waals surface area contributed by atoms with Crippen LogP contribution in [0.15, 0.2) is 303 Å². The zero-order chi connectivity index (χ0) is 82.0. The van der Waals surface area contributed by atoms with Crippen LogP contribution >= 0.6 is 0 Å². The number of hydrogen-bond donors (Lipinski definition) is 0. The highest BCUT2D eigenvalue weighted by Gasteiger charge is 2.40. The van der Waals surface area contributed by atoms with Gasteiger partial charge in [0.15, 0.2) is 58.9 Å². The summed E-state index contributed by atoms with van der Waals surface area (Å²) in [6, 6.07) is 77.5. The zero-order valence-corrected chi connectivity index (χ0v) is 64.4. The Morgan fingerprint density at radius 2 is 0.670 bits per heavy atom. The van der Waals surface area contributed by atoms with Crippen molar-refractivity contribution in [1.29, 1.82) is 0 Å². The van der Waals surface area contributed by atoms with Gasteiger partial charge in [-0.2, -0.15) is 0 Å². The molecule has 0 N–H and O–H groups in total. The maximum absolute atomic E-state index is 8.06. The summed E-state index contributed by atoms with van der Waals surface area (Å²) in [4.78, 5) is 13.1. The third-order valence-corrected chi connectivity index (χ3v) is 22.3. The first-order valence-corrected chi connectivity index (χ1v) is 37.8. The van der Waals surface area contributed by atoms with Gasteiger partial charge in [0.2, 0.25) is 5.71 Å². The third-order valence-electron chi connectivity index (χ3n) is 22.3. The van der Waals surface area contributed by atoms with Crippen LogP contribution in [0.1, 0.15) is 53.1 Å². The molecule has 0 atom stereocenters. The standard InChI is InChI=1S/3C24H22BN2O.C23H21BN3O/c1-17-16-26(2)23(15-20(17)18-9-5-4-6-10-18)25-14-13-22-24(27(25)3)19-11-7-8-12-21(19)28-22;1-17-15-23(26(2)16-20(17)18-9-5-4-6-10-18)25-14-13-22-24(27(25)3)19-11-7-8-12-21(19)28-22;1-17-15-23(26(2)16-21(17)18-9-5-4-6-10-18)25-14-13-20-19-11-7-8-12-22(19)28-24(20)27(25)3;1-16-15-26(2)21(14-20(16)17-8-5-4-6-9-17)24-12-11-19-18-10-7-13-25-22(18)28-23(19)27(24)3/h3*4-16H,1-3H3;4-15H,1-3H3/q4*+1/i1D3;;;1D3. The van der Waals surface area contributed by atoms with Gasteiger partial charge in [0.05, 0.1) is 11.4 Å². The maximum atomic E-state index is 8.06. The van der Waals surface area contributed by atoms with Crippen molar-refractivity contribution in [2.45, 2.75) is 27.6 Å². The highest BCUT2D eigenvalue weighted by atomic mass is 16.4. The number of anilines is 4. The van der Waals surface area contributed by atoms with Crippen LogP contribution in [0.4, 0.5) is 23.1 Å². The van der Waals surface area contributed by atoms with E-state index < -0.39 is 13.7 Å². The van der Waals surface area contributed by atoms with E-state index >= 15 is 0 Å². The highest BCUT2D eigenvalue weighted by Crippen LogP contribution is 2.41. The molecule has 13 heterocycles. The van der Waals surface area contributed by atoms with E-state index in [0.717, 1.165) is 107 Å². The lowest BCUT2D eigenvalue weighted by molar-refractivity contribution is -0.654. The van der Waals surface area contributed by atoms with Crippen LogP contribution in [0.2, 0.25) is 0 Å². The van der Waals surface area contributed by atoms with Crippen molar-refractivity contribution in [3.05, 3.63) is 330 Å². The quantitative estimate of drug-likeness (QED) is 0.109. The predicted octanol–water partition coefficient (Wildman–Crippen LogP) is 15.9. The number of furan rings is 4. The molecule has 112 heavy (non-hydrogen) atoms. The van der Waals surface area contributed by atoms with Crippen molar-refractivity contribution < 1.29 is 44.2 Å². The third kappa shape index (κ3) is 13.3. The molecule has 9 aromatic heterocycles. The Kier molecular flexibility index (Phi) is 17.4. The Morgan fingerprint density at radius 1 is 0.330 bits per heavy atom. The normalized spacial score (nSPS) is 14.3. The van der Waals surface area contributed by atoms with Gasteiger partial charge in [-0.25, -0.2) is 23.3 Å². The van der Waals surface area contributed by atoms with Gasteiger partial charge in [0, 0.05) is 93.6 Å². The van der Waals surface area contributed by atoms with E-state index in [4.69, 9.17) is 25.9 Å². The summed E-state index contributed by atoms with van der Waals surface area (Å²) in [7, 11) is 16.3. The number of hydrogen-bond acceptors (Lipinski definition) is 9. The molecule has 7 aromatic carbocycles. The van der Waals surface area contributed by atoms with E-state index in [2.05, 4.69) is 240 Å². The lowest BCUT2D eigenvalue weighted by atomic mass is 9.54. The molecule has 0 unspecified atom stereocenters. The number of benzene rings is 7. The molecule has 17 heteroatoms. The molecule has 0 aliphatic carbocycles. The summed E-state index contributed by atoms with van der Waals surface area (Å²) in [6.07, 6.45) is 18.1.